The highest BCUT2D eigenvalue weighted by molar-refractivity contribution is 5.97. The van der Waals surface area contributed by atoms with Gasteiger partial charge in [0, 0.05) is 45.3 Å². The smallest absolute Gasteiger partial charge is 0.257 e. The van der Waals surface area contributed by atoms with E-state index in [4.69, 9.17) is 4.52 Å². The molecule has 3 aromatic heterocycles. The minimum atomic E-state index is -0.106. The summed E-state index contributed by atoms with van der Waals surface area (Å²) in [5, 5.41) is 8.15. The molecule has 0 saturated carbocycles. The third kappa shape index (κ3) is 2.68. The lowest BCUT2D eigenvalue weighted by Gasteiger charge is -2.35. The monoisotopic (exact) mass is 340 g/mol. The normalized spacial score (nSPS) is 18.0. The van der Waals surface area contributed by atoms with E-state index in [1.807, 2.05) is 35.7 Å². The lowest BCUT2D eigenvalue weighted by molar-refractivity contribution is 0.0620. The van der Waals surface area contributed by atoms with Crippen molar-refractivity contribution in [3.05, 3.63) is 41.7 Å². The first-order valence-corrected chi connectivity index (χ1v) is 8.42. The molecule has 1 amide bonds. The van der Waals surface area contributed by atoms with E-state index in [9.17, 15) is 4.79 Å². The largest absolute Gasteiger partial charge is 0.336 e. The summed E-state index contributed by atoms with van der Waals surface area (Å²) in [5.74, 6) is 0.820. The summed E-state index contributed by atoms with van der Waals surface area (Å²) < 4.78 is 7.16. The topological polar surface area (TPSA) is 89.1 Å². The maximum atomic E-state index is 13.2. The van der Waals surface area contributed by atoms with Crippen molar-refractivity contribution < 1.29 is 9.32 Å². The molecule has 1 aliphatic heterocycles. The number of aryl methyl sites for hydroxylation is 2. The molecule has 130 valence electrons. The average molecular weight is 340 g/mol. The lowest BCUT2D eigenvalue weighted by atomic mass is 10.1. The van der Waals surface area contributed by atoms with Gasteiger partial charge in [-0.15, -0.1) is 0 Å². The Morgan fingerprint density at radius 1 is 1.44 bits per heavy atom. The van der Waals surface area contributed by atoms with Crippen molar-refractivity contribution in [1.82, 2.24) is 29.9 Å². The number of rotatable bonds is 3. The summed E-state index contributed by atoms with van der Waals surface area (Å²) in [5.41, 5.74) is 1.83. The van der Waals surface area contributed by atoms with Gasteiger partial charge in [-0.1, -0.05) is 12.1 Å². The molecule has 1 unspecified atom stereocenters. The molecule has 0 aliphatic carbocycles. The standard InChI is InChI=1S/C17H20N6O2/c1-3-13-12-8-11(9-20-16(12)25-21-13)17(24)23-7-4-18-10-14(23)15-19-5-6-22(15)2/h5-6,8-9,14,18H,3-4,7,10H2,1-2H3. The van der Waals surface area contributed by atoms with Crippen LogP contribution in [-0.2, 0) is 13.5 Å². The zero-order chi connectivity index (χ0) is 17.4. The second-order valence-corrected chi connectivity index (χ2v) is 6.17. The number of fused-ring (bicyclic) bond motifs is 1. The van der Waals surface area contributed by atoms with Gasteiger partial charge in [0.25, 0.3) is 11.6 Å². The summed E-state index contributed by atoms with van der Waals surface area (Å²) in [7, 11) is 1.94. The van der Waals surface area contributed by atoms with Crippen LogP contribution in [0.3, 0.4) is 0 Å². The Morgan fingerprint density at radius 3 is 3.08 bits per heavy atom. The van der Waals surface area contributed by atoms with Crippen molar-refractivity contribution in [2.75, 3.05) is 19.6 Å². The van der Waals surface area contributed by atoms with Crippen LogP contribution in [-0.4, -0.2) is 50.1 Å². The van der Waals surface area contributed by atoms with Gasteiger partial charge < -0.3 is 19.3 Å². The van der Waals surface area contributed by atoms with Gasteiger partial charge in [0.05, 0.1) is 16.6 Å². The van der Waals surface area contributed by atoms with Crippen LogP contribution in [0.4, 0.5) is 0 Å². The fourth-order valence-corrected chi connectivity index (χ4v) is 3.29. The Labute approximate surface area is 144 Å². The third-order valence-electron chi connectivity index (χ3n) is 4.65. The van der Waals surface area contributed by atoms with Gasteiger partial charge in [0.1, 0.15) is 11.9 Å². The van der Waals surface area contributed by atoms with Gasteiger partial charge >= 0.3 is 0 Å². The molecule has 4 heterocycles. The van der Waals surface area contributed by atoms with Crippen molar-refractivity contribution in [2.45, 2.75) is 19.4 Å². The predicted molar refractivity (Wildman–Crippen MR) is 91.0 cm³/mol. The first-order valence-electron chi connectivity index (χ1n) is 8.42. The zero-order valence-electron chi connectivity index (χ0n) is 14.3. The molecule has 0 radical (unpaired) electrons. The Kier molecular flexibility index (Phi) is 3.96. The highest BCUT2D eigenvalue weighted by Crippen LogP contribution is 2.24. The molecule has 1 N–H and O–H groups in total. The Balaban J connectivity index is 1.69. The number of hydrogen-bond acceptors (Lipinski definition) is 6. The Hall–Kier alpha value is -2.74. The summed E-state index contributed by atoms with van der Waals surface area (Å²) in [6.45, 7) is 4.06. The van der Waals surface area contributed by atoms with E-state index < -0.39 is 0 Å². The minimum absolute atomic E-state index is 0.0489. The van der Waals surface area contributed by atoms with E-state index in [-0.39, 0.29) is 11.9 Å². The third-order valence-corrected chi connectivity index (χ3v) is 4.65. The molecule has 0 spiro atoms. The van der Waals surface area contributed by atoms with Gasteiger partial charge in [0.2, 0.25) is 0 Å². The molecule has 1 fully saturated rings. The van der Waals surface area contributed by atoms with Crippen LogP contribution in [0.5, 0.6) is 0 Å². The number of carbonyl (C=O) groups is 1. The van der Waals surface area contributed by atoms with Crippen molar-refractivity contribution in [1.29, 1.82) is 0 Å². The lowest BCUT2D eigenvalue weighted by Crippen LogP contribution is -2.49. The predicted octanol–water partition coefficient (Wildman–Crippen LogP) is 1.31. The van der Waals surface area contributed by atoms with Gasteiger partial charge in [0.15, 0.2) is 0 Å². The number of carbonyl (C=O) groups excluding carboxylic acids is 1. The first kappa shape index (κ1) is 15.8. The van der Waals surface area contributed by atoms with Crippen LogP contribution in [0, 0.1) is 0 Å². The van der Waals surface area contributed by atoms with Crippen LogP contribution in [0.25, 0.3) is 11.1 Å². The van der Waals surface area contributed by atoms with E-state index in [1.54, 1.807) is 12.4 Å². The second-order valence-electron chi connectivity index (χ2n) is 6.17. The molecule has 0 aromatic carbocycles. The van der Waals surface area contributed by atoms with Crippen LogP contribution in [0.15, 0.2) is 29.2 Å². The number of aromatic nitrogens is 4. The number of amides is 1. The van der Waals surface area contributed by atoms with E-state index in [1.165, 1.54) is 0 Å². The van der Waals surface area contributed by atoms with E-state index in [2.05, 4.69) is 20.4 Å². The quantitative estimate of drug-likeness (QED) is 0.773. The zero-order valence-corrected chi connectivity index (χ0v) is 14.3. The average Bonchev–Trinajstić information content (AvgIpc) is 3.26. The molecule has 1 atom stereocenters. The number of imidazole rings is 1. The minimum Gasteiger partial charge on any atom is -0.336 e. The Bertz CT molecular complexity index is 915. The van der Waals surface area contributed by atoms with Crippen molar-refractivity contribution >= 4 is 17.0 Å². The summed E-state index contributed by atoms with van der Waals surface area (Å²) >= 11 is 0. The molecule has 25 heavy (non-hydrogen) atoms. The van der Waals surface area contributed by atoms with Crippen molar-refractivity contribution in [3.8, 4) is 0 Å². The number of nitrogens with zero attached hydrogens (tertiary/aromatic N) is 5. The molecular formula is C17H20N6O2. The SMILES string of the molecule is CCc1noc2ncc(C(=O)N3CCNCC3c3nccn3C)cc12. The van der Waals surface area contributed by atoms with Crippen LogP contribution >= 0.6 is 0 Å². The number of piperazine rings is 1. The molecule has 4 rings (SSSR count). The highest BCUT2D eigenvalue weighted by Gasteiger charge is 2.31. The summed E-state index contributed by atoms with van der Waals surface area (Å²) in [4.78, 5) is 23.7. The highest BCUT2D eigenvalue weighted by atomic mass is 16.5. The fourth-order valence-electron chi connectivity index (χ4n) is 3.29. The molecule has 8 nitrogen and oxygen atoms in total. The maximum absolute atomic E-state index is 13.2. The van der Waals surface area contributed by atoms with Gasteiger partial charge in [-0.25, -0.2) is 9.97 Å². The Morgan fingerprint density at radius 2 is 2.32 bits per heavy atom. The van der Waals surface area contributed by atoms with Gasteiger partial charge in [-0.3, -0.25) is 4.79 Å². The van der Waals surface area contributed by atoms with Gasteiger partial charge in [-0.2, -0.15) is 0 Å². The van der Waals surface area contributed by atoms with Crippen LogP contribution in [0.1, 0.15) is 34.8 Å². The maximum Gasteiger partial charge on any atom is 0.257 e. The summed E-state index contributed by atoms with van der Waals surface area (Å²) in [6, 6.07) is 1.72. The van der Waals surface area contributed by atoms with E-state index >= 15 is 0 Å². The first-order chi connectivity index (χ1) is 12.2. The van der Waals surface area contributed by atoms with Crippen LogP contribution in [0.2, 0.25) is 0 Å². The summed E-state index contributed by atoms with van der Waals surface area (Å²) in [6.07, 6.45) is 5.94. The van der Waals surface area contributed by atoms with Gasteiger partial charge in [-0.05, 0) is 12.5 Å². The van der Waals surface area contributed by atoms with E-state index in [0.717, 1.165) is 29.9 Å². The molecule has 1 saturated heterocycles. The van der Waals surface area contributed by atoms with E-state index in [0.29, 0.717) is 24.4 Å². The van der Waals surface area contributed by atoms with Crippen molar-refractivity contribution in [3.63, 3.8) is 0 Å². The fraction of sp³-hybridized carbons (Fsp3) is 0.412. The van der Waals surface area contributed by atoms with Crippen molar-refractivity contribution in [2.24, 2.45) is 7.05 Å². The number of nitrogens with one attached hydrogen (secondary N) is 1. The molecule has 1 aliphatic rings. The molecule has 8 heteroatoms. The number of hydrogen-bond donors (Lipinski definition) is 1. The molecule has 0 bridgehead atoms. The second kappa shape index (κ2) is 6.29. The molecular weight excluding hydrogens is 320 g/mol. The molecule has 3 aromatic rings. The van der Waals surface area contributed by atoms with Crippen LogP contribution < -0.4 is 5.32 Å². The number of pyridine rings is 1.